The molecule has 0 amide bonds. The van der Waals surface area contributed by atoms with Crippen LogP contribution in [0.1, 0.15) is 77.5 Å². The Kier molecular flexibility index (Phi) is 8.74. The van der Waals surface area contributed by atoms with Crippen molar-refractivity contribution in [3.63, 3.8) is 0 Å². The maximum absolute atomic E-state index is 9.62. The molecule has 1 aliphatic heterocycles. The zero-order chi connectivity index (χ0) is 36.0. The van der Waals surface area contributed by atoms with E-state index < -0.39 is 5.66 Å². The lowest BCUT2D eigenvalue weighted by molar-refractivity contribution is -0.0983. The molecule has 1 fully saturated rings. The van der Waals surface area contributed by atoms with E-state index in [0.717, 1.165) is 23.6 Å². The molecule has 1 saturated heterocycles. The van der Waals surface area contributed by atoms with Crippen LogP contribution < -0.4 is 5.32 Å². The summed E-state index contributed by atoms with van der Waals surface area (Å²) in [6.45, 7) is 4.66. The number of likely N-dealkylation sites (N-methyl/N-ethyl adjacent to an activating group) is 1. The average molecular weight is 678 g/mol. The van der Waals surface area contributed by atoms with Crippen molar-refractivity contribution < 1.29 is 0 Å². The van der Waals surface area contributed by atoms with Crippen LogP contribution >= 0.6 is 0 Å². The number of hydrogen-bond donors (Lipinski definition) is 1. The van der Waals surface area contributed by atoms with Gasteiger partial charge >= 0.3 is 0 Å². The van der Waals surface area contributed by atoms with Crippen LogP contribution in [0.25, 0.3) is 28.0 Å². The van der Waals surface area contributed by atoms with E-state index in [4.69, 9.17) is 0 Å². The number of fused-ring (bicyclic) bond motifs is 2. The van der Waals surface area contributed by atoms with Crippen molar-refractivity contribution in [2.24, 2.45) is 5.92 Å². The Morgan fingerprint density at radius 1 is 0.750 bits per heavy atom. The third-order valence-electron chi connectivity index (χ3n) is 11.6. The van der Waals surface area contributed by atoms with E-state index in [1.54, 1.807) is 0 Å². The summed E-state index contributed by atoms with van der Waals surface area (Å²) in [6.07, 6.45) is 12.9. The van der Waals surface area contributed by atoms with Gasteiger partial charge in [0.2, 0.25) is 0 Å². The number of hydrogen-bond acceptors (Lipinski definition) is 5. The second-order valence-electron chi connectivity index (χ2n) is 14.8. The quantitative estimate of drug-likeness (QED) is 0.201. The number of nitrogens with one attached hydrogen (secondary N) is 1. The molecule has 0 aromatic heterocycles. The van der Waals surface area contributed by atoms with Crippen LogP contribution in [0.4, 0.5) is 0 Å². The fourth-order valence-electron chi connectivity index (χ4n) is 8.72. The van der Waals surface area contributed by atoms with Crippen LogP contribution in [0.2, 0.25) is 0 Å². The molecule has 3 aliphatic rings. The largest absolute Gasteiger partial charge is 0.276 e. The van der Waals surface area contributed by atoms with Gasteiger partial charge in [0.15, 0.2) is 0 Å². The van der Waals surface area contributed by atoms with Gasteiger partial charge in [-0.3, -0.25) is 15.1 Å². The predicted molar refractivity (Wildman–Crippen MR) is 211 cm³/mol. The Balaban J connectivity index is 1.30. The van der Waals surface area contributed by atoms with Gasteiger partial charge in [-0.2, -0.15) is 10.5 Å². The van der Waals surface area contributed by atoms with Gasteiger partial charge in [0.05, 0.1) is 41.3 Å². The number of allylic oxidation sites excluding steroid dienone is 4. The fourth-order valence-corrected chi connectivity index (χ4v) is 8.72. The van der Waals surface area contributed by atoms with Gasteiger partial charge in [0.25, 0.3) is 0 Å². The van der Waals surface area contributed by atoms with E-state index in [9.17, 15) is 10.5 Å². The first-order valence-corrected chi connectivity index (χ1v) is 18.2. The highest BCUT2D eigenvalue weighted by Gasteiger charge is 2.49. The lowest BCUT2D eigenvalue weighted by Gasteiger charge is -2.58. The number of benzene rings is 5. The summed E-state index contributed by atoms with van der Waals surface area (Å²) in [6, 6.07) is 41.2. The van der Waals surface area contributed by atoms with Crippen LogP contribution in [-0.2, 0) is 6.42 Å². The molecule has 5 heteroatoms. The molecule has 0 radical (unpaired) electrons. The van der Waals surface area contributed by atoms with Gasteiger partial charge in [-0.15, -0.1) is 0 Å². The van der Waals surface area contributed by atoms with Crippen molar-refractivity contribution in [2.75, 3.05) is 14.1 Å². The third kappa shape index (κ3) is 5.98. The molecule has 1 N–H and O–H groups in total. The summed E-state index contributed by atoms with van der Waals surface area (Å²) in [5, 5.41) is 25.6. The highest BCUT2D eigenvalue weighted by Crippen LogP contribution is 2.47. The zero-order valence-corrected chi connectivity index (χ0v) is 30.2. The normalized spacial score (nSPS) is 24.5. The van der Waals surface area contributed by atoms with E-state index in [2.05, 4.69) is 171 Å². The molecule has 0 spiro atoms. The first kappa shape index (κ1) is 33.6. The maximum Gasteiger partial charge on any atom is 0.0991 e. The van der Waals surface area contributed by atoms with Crippen molar-refractivity contribution in [3.8, 4) is 23.3 Å². The monoisotopic (exact) mass is 677 g/mol. The molecule has 5 aromatic carbocycles. The lowest BCUT2D eigenvalue weighted by atomic mass is 9.77. The SMILES string of the molecule is CC1Cc2cc(C#N)ccc2C=C1C1(C)NC(c2cc(-c3ccccc3)cc(C3C=CC=CC3)c2)N(C)C(c2ccc3cc(C#N)ccc3c2)N1C. The first-order valence-electron chi connectivity index (χ1n) is 18.2. The topological polar surface area (TPSA) is 66.1 Å². The maximum atomic E-state index is 9.62. The van der Waals surface area contributed by atoms with Crippen molar-refractivity contribution in [1.82, 2.24) is 15.1 Å². The number of nitriles is 2. The molecule has 0 bridgehead atoms. The molecule has 5 aromatic rings. The molecule has 2 aliphatic carbocycles. The molecule has 5 atom stereocenters. The van der Waals surface area contributed by atoms with Gasteiger partial charge in [-0.1, -0.05) is 104 Å². The molecule has 0 saturated carbocycles. The summed E-state index contributed by atoms with van der Waals surface area (Å²) in [5.74, 6) is 0.554. The Morgan fingerprint density at radius 2 is 1.48 bits per heavy atom. The highest BCUT2D eigenvalue weighted by molar-refractivity contribution is 5.84. The summed E-state index contributed by atoms with van der Waals surface area (Å²) in [4.78, 5) is 4.96. The highest BCUT2D eigenvalue weighted by atomic mass is 15.5. The second-order valence-corrected chi connectivity index (χ2v) is 14.8. The first-order chi connectivity index (χ1) is 25.2. The van der Waals surface area contributed by atoms with Crippen molar-refractivity contribution in [1.29, 1.82) is 10.5 Å². The molecule has 5 nitrogen and oxygen atoms in total. The van der Waals surface area contributed by atoms with Crippen molar-refractivity contribution >= 4 is 16.8 Å². The van der Waals surface area contributed by atoms with Crippen LogP contribution in [0.3, 0.4) is 0 Å². The van der Waals surface area contributed by atoms with Gasteiger partial charge < -0.3 is 0 Å². The Bertz CT molecular complexity index is 2360. The number of nitrogens with zero attached hydrogens (tertiary/aromatic N) is 4. The standard InChI is InChI=1S/C47H43N5/c1-31-21-40-23-33(30-49)16-18-38(40)28-44(31)47(2)50-45(51(3)46(52(47)4)39-20-19-36-22-32(29-48)15-17-37(36)24-39)43-26-41(34-11-7-5-8-12-34)25-42(27-43)35-13-9-6-10-14-35/h5-13,15-20,22-28,31,35,45-46,50H,14,21H2,1-4H3. The van der Waals surface area contributed by atoms with Gasteiger partial charge in [-0.05, 0) is 131 Å². The molecule has 5 unspecified atom stereocenters. The molecule has 8 rings (SSSR count). The summed E-state index contributed by atoms with van der Waals surface area (Å²) < 4.78 is 0. The molecule has 52 heavy (non-hydrogen) atoms. The third-order valence-corrected chi connectivity index (χ3v) is 11.6. The average Bonchev–Trinajstić information content (AvgIpc) is 3.19. The minimum atomic E-state index is -0.525. The predicted octanol–water partition coefficient (Wildman–Crippen LogP) is 10.0. The van der Waals surface area contributed by atoms with E-state index >= 15 is 0 Å². The van der Waals surface area contributed by atoms with Crippen LogP contribution in [0.15, 0.2) is 133 Å². The van der Waals surface area contributed by atoms with Gasteiger partial charge in [0, 0.05) is 5.92 Å². The number of rotatable bonds is 5. The van der Waals surface area contributed by atoms with Crippen LogP contribution in [0.5, 0.6) is 0 Å². The fraction of sp³-hybridized carbons (Fsp3) is 0.234. The van der Waals surface area contributed by atoms with Gasteiger partial charge in [0.1, 0.15) is 0 Å². The van der Waals surface area contributed by atoms with Gasteiger partial charge in [-0.25, -0.2) is 0 Å². The van der Waals surface area contributed by atoms with E-state index in [1.807, 2.05) is 18.2 Å². The Morgan fingerprint density at radius 3 is 2.25 bits per heavy atom. The van der Waals surface area contributed by atoms with E-state index in [-0.39, 0.29) is 18.2 Å². The molecule has 1 heterocycles. The summed E-state index contributed by atoms with van der Waals surface area (Å²) in [5.41, 5.74) is 10.8. The van der Waals surface area contributed by atoms with Crippen LogP contribution in [0, 0.1) is 28.6 Å². The van der Waals surface area contributed by atoms with Crippen LogP contribution in [-0.4, -0.2) is 29.6 Å². The lowest BCUT2D eigenvalue weighted by Crippen LogP contribution is -2.68. The molecule has 256 valence electrons. The Labute approximate surface area is 307 Å². The van der Waals surface area contributed by atoms with Crippen molar-refractivity contribution in [2.45, 2.75) is 50.6 Å². The van der Waals surface area contributed by atoms with E-state index in [1.165, 1.54) is 44.5 Å². The van der Waals surface area contributed by atoms with Crippen molar-refractivity contribution in [3.05, 3.63) is 172 Å². The summed E-state index contributed by atoms with van der Waals surface area (Å²) >= 11 is 0. The smallest absolute Gasteiger partial charge is 0.0991 e. The molecular weight excluding hydrogens is 635 g/mol. The van der Waals surface area contributed by atoms with E-state index in [0.29, 0.717) is 17.0 Å². The minimum absolute atomic E-state index is 0.0758. The summed E-state index contributed by atoms with van der Waals surface area (Å²) in [7, 11) is 4.47. The minimum Gasteiger partial charge on any atom is -0.276 e. The second kappa shape index (κ2) is 13.5. The zero-order valence-electron chi connectivity index (χ0n) is 30.2. The molecular formula is C47H43N5. The Hall–Kier alpha value is -5.56.